The van der Waals surface area contributed by atoms with Crippen molar-refractivity contribution in [1.82, 2.24) is 14.7 Å². The van der Waals surface area contributed by atoms with Crippen molar-refractivity contribution in [2.45, 2.75) is 32.2 Å². The molecule has 1 amide bonds. The summed E-state index contributed by atoms with van der Waals surface area (Å²) in [5.41, 5.74) is 1.40. The molecule has 0 radical (unpaired) electrons. The van der Waals surface area contributed by atoms with Gasteiger partial charge in [-0.15, -0.1) is 0 Å². The van der Waals surface area contributed by atoms with Crippen molar-refractivity contribution < 1.29 is 4.79 Å². The van der Waals surface area contributed by atoms with Crippen LogP contribution in [0.4, 0.5) is 0 Å². The summed E-state index contributed by atoms with van der Waals surface area (Å²) < 4.78 is 0. The van der Waals surface area contributed by atoms with Crippen LogP contribution in [0.5, 0.6) is 0 Å². The van der Waals surface area contributed by atoms with Crippen LogP contribution in [0.2, 0.25) is 0 Å². The van der Waals surface area contributed by atoms with Gasteiger partial charge >= 0.3 is 0 Å². The SMILES string of the molecule is CN1CCN(C(=O)CC[C@H]2CCCN(Cc3ccc4ccccc4c3)C2)CC1. The molecule has 4 rings (SSSR count). The lowest BCUT2D eigenvalue weighted by Crippen LogP contribution is -2.47. The Kier molecular flexibility index (Phi) is 6.28. The molecule has 0 aliphatic carbocycles. The standard InChI is InChI=1S/C24H33N3O/c1-25-13-15-27(16-14-25)24(28)11-9-20-5-4-12-26(18-20)19-21-8-10-22-6-2-3-7-23(22)17-21/h2-3,6-8,10,17,20H,4-5,9,11-16,18-19H2,1H3/t20-/m1/s1. The second-order valence-electron chi connectivity index (χ2n) is 8.65. The maximum Gasteiger partial charge on any atom is 0.222 e. The van der Waals surface area contributed by atoms with E-state index in [1.54, 1.807) is 0 Å². The van der Waals surface area contributed by atoms with Crippen LogP contribution in [0.25, 0.3) is 10.8 Å². The highest BCUT2D eigenvalue weighted by atomic mass is 16.2. The highest BCUT2D eigenvalue weighted by Crippen LogP contribution is 2.24. The number of carbonyl (C=O) groups excluding carboxylic acids is 1. The predicted octanol–water partition coefficient (Wildman–Crippen LogP) is 3.61. The molecule has 2 fully saturated rings. The maximum absolute atomic E-state index is 12.5. The van der Waals surface area contributed by atoms with Gasteiger partial charge < -0.3 is 9.80 Å². The largest absolute Gasteiger partial charge is 0.340 e. The predicted molar refractivity (Wildman–Crippen MR) is 115 cm³/mol. The van der Waals surface area contributed by atoms with E-state index in [0.29, 0.717) is 11.8 Å². The van der Waals surface area contributed by atoms with Gasteiger partial charge in [-0.2, -0.15) is 0 Å². The smallest absolute Gasteiger partial charge is 0.222 e. The normalized spacial score (nSPS) is 21.9. The van der Waals surface area contributed by atoms with E-state index in [1.807, 2.05) is 0 Å². The molecule has 4 nitrogen and oxygen atoms in total. The van der Waals surface area contributed by atoms with Gasteiger partial charge in [0, 0.05) is 45.7 Å². The lowest BCUT2D eigenvalue weighted by Gasteiger charge is -2.34. The second kappa shape index (κ2) is 9.06. The molecule has 28 heavy (non-hydrogen) atoms. The number of fused-ring (bicyclic) bond motifs is 1. The fourth-order valence-electron chi connectivity index (χ4n) is 4.67. The molecule has 0 unspecified atom stereocenters. The first kappa shape index (κ1) is 19.4. The van der Waals surface area contributed by atoms with Gasteiger partial charge in [-0.25, -0.2) is 0 Å². The number of amides is 1. The van der Waals surface area contributed by atoms with Crippen molar-refractivity contribution in [3.05, 3.63) is 48.0 Å². The van der Waals surface area contributed by atoms with Crippen molar-refractivity contribution in [3.8, 4) is 0 Å². The van der Waals surface area contributed by atoms with Crippen LogP contribution < -0.4 is 0 Å². The summed E-state index contributed by atoms with van der Waals surface area (Å²) in [6.45, 7) is 7.14. The quantitative estimate of drug-likeness (QED) is 0.794. The zero-order valence-corrected chi connectivity index (χ0v) is 17.1. The van der Waals surface area contributed by atoms with E-state index in [-0.39, 0.29) is 0 Å². The van der Waals surface area contributed by atoms with Crippen LogP contribution in [-0.4, -0.2) is 66.9 Å². The van der Waals surface area contributed by atoms with E-state index in [4.69, 9.17) is 0 Å². The second-order valence-corrected chi connectivity index (χ2v) is 8.65. The molecule has 0 aromatic heterocycles. The highest BCUT2D eigenvalue weighted by molar-refractivity contribution is 5.83. The Bertz CT molecular complexity index is 797. The number of hydrogen-bond acceptors (Lipinski definition) is 3. The van der Waals surface area contributed by atoms with E-state index in [0.717, 1.165) is 52.1 Å². The first-order chi connectivity index (χ1) is 13.7. The Hall–Kier alpha value is -1.91. The number of benzene rings is 2. The van der Waals surface area contributed by atoms with E-state index >= 15 is 0 Å². The lowest BCUT2D eigenvalue weighted by molar-refractivity contribution is -0.133. The van der Waals surface area contributed by atoms with Crippen molar-refractivity contribution in [2.75, 3.05) is 46.3 Å². The van der Waals surface area contributed by atoms with Gasteiger partial charge in [0.25, 0.3) is 0 Å². The molecule has 150 valence electrons. The van der Waals surface area contributed by atoms with E-state index in [9.17, 15) is 4.79 Å². The minimum absolute atomic E-state index is 0.361. The summed E-state index contributed by atoms with van der Waals surface area (Å²) in [6.07, 6.45) is 4.28. The topological polar surface area (TPSA) is 26.8 Å². The molecule has 4 heteroatoms. The van der Waals surface area contributed by atoms with Crippen LogP contribution in [0.15, 0.2) is 42.5 Å². The van der Waals surface area contributed by atoms with Gasteiger partial charge in [-0.3, -0.25) is 9.69 Å². The highest BCUT2D eigenvalue weighted by Gasteiger charge is 2.23. The number of piperidine rings is 1. The molecule has 1 atom stereocenters. The van der Waals surface area contributed by atoms with Crippen LogP contribution in [0.1, 0.15) is 31.2 Å². The van der Waals surface area contributed by atoms with Crippen LogP contribution >= 0.6 is 0 Å². The summed E-state index contributed by atoms with van der Waals surface area (Å²) in [4.78, 5) is 19.5. The molecule has 2 aromatic carbocycles. The third-order valence-corrected chi connectivity index (χ3v) is 6.45. The molecule has 2 heterocycles. The van der Waals surface area contributed by atoms with Crippen molar-refractivity contribution in [1.29, 1.82) is 0 Å². The number of likely N-dealkylation sites (N-methyl/N-ethyl adjacent to an activating group) is 1. The van der Waals surface area contributed by atoms with Gasteiger partial charge in [0.15, 0.2) is 0 Å². The van der Waals surface area contributed by atoms with Crippen molar-refractivity contribution in [2.24, 2.45) is 5.92 Å². The molecule has 0 spiro atoms. The van der Waals surface area contributed by atoms with Gasteiger partial charge in [0.05, 0.1) is 0 Å². The van der Waals surface area contributed by atoms with E-state index in [2.05, 4.69) is 64.2 Å². The molecule has 0 N–H and O–H groups in total. The fraction of sp³-hybridized carbons (Fsp3) is 0.542. The first-order valence-corrected chi connectivity index (χ1v) is 10.8. The first-order valence-electron chi connectivity index (χ1n) is 10.8. The lowest BCUT2D eigenvalue weighted by atomic mass is 9.92. The van der Waals surface area contributed by atoms with Crippen molar-refractivity contribution >= 4 is 16.7 Å². The molecule has 0 bridgehead atoms. The summed E-state index contributed by atoms with van der Waals surface area (Å²) in [5.74, 6) is 1.02. The zero-order chi connectivity index (χ0) is 19.3. The molecular weight excluding hydrogens is 346 g/mol. The molecule has 2 aromatic rings. The summed E-state index contributed by atoms with van der Waals surface area (Å²) in [6, 6.07) is 15.4. The average molecular weight is 380 g/mol. The number of rotatable bonds is 5. The Morgan fingerprint density at radius 2 is 1.79 bits per heavy atom. The van der Waals surface area contributed by atoms with E-state index in [1.165, 1.54) is 35.7 Å². The van der Waals surface area contributed by atoms with Crippen LogP contribution in [-0.2, 0) is 11.3 Å². The minimum atomic E-state index is 0.361. The Balaban J connectivity index is 1.27. The van der Waals surface area contributed by atoms with Gasteiger partial charge in [-0.05, 0) is 61.2 Å². The monoisotopic (exact) mass is 379 g/mol. The molecule has 0 saturated carbocycles. The summed E-state index contributed by atoms with van der Waals surface area (Å²) >= 11 is 0. The Morgan fingerprint density at radius 3 is 2.61 bits per heavy atom. The number of carbonyl (C=O) groups is 1. The Labute approximate surface area is 169 Å². The molecule has 2 aliphatic rings. The zero-order valence-electron chi connectivity index (χ0n) is 17.1. The maximum atomic E-state index is 12.5. The van der Waals surface area contributed by atoms with Gasteiger partial charge in [0.2, 0.25) is 5.91 Å². The van der Waals surface area contributed by atoms with Gasteiger partial charge in [-0.1, -0.05) is 36.4 Å². The number of likely N-dealkylation sites (tertiary alicyclic amines) is 1. The minimum Gasteiger partial charge on any atom is -0.340 e. The fourth-order valence-corrected chi connectivity index (χ4v) is 4.67. The third-order valence-electron chi connectivity index (χ3n) is 6.45. The number of piperazine rings is 1. The van der Waals surface area contributed by atoms with E-state index < -0.39 is 0 Å². The van der Waals surface area contributed by atoms with Crippen LogP contribution in [0.3, 0.4) is 0 Å². The summed E-state index contributed by atoms with van der Waals surface area (Å²) in [5, 5.41) is 2.64. The van der Waals surface area contributed by atoms with Crippen LogP contribution in [0, 0.1) is 5.92 Å². The molecular formula is C24H33N3O. The van der Waals surface area contributed by atoms with Crippen molar-refractivity contribution in [3.63, 3.8) is 0 Å². The number of hydrogen-bond donors (Lipinski definition) is 0. The average Bonchev–Trinajstić information content (AvgIpc) is 2.73. The third kappa shape index (κ3) is 4.92. The Morgan fingerprint density at radius 1 is 1.00 bits per heavy atom. The summed E-state index contributed by atoms with van der Waals surface area (Å²) in [7, 11) is 2.13. The van der Waals surface area contributed by atoms with Gasteiger partial charge in [0.1, 0.15) is 0 Å². The molecule has 2 aliphatic heterocycles. The number of nitrogens with zero attached hydrogens (tertiary/aromatic N) is 3. The molecule has 2 saturated heterocycles.